The molecule has 108 valence electrons. The van der Waals surface area contributed by atoms with Crippen molar-refractivity contribution in [1.82, 2.24) is 29.5 Å². The lowest BCUT2D eigenvalue weighted by atomic mass is 10.3. The monoisotopic (exact) mass is 284 g/mol. The van der Waals surface area contributed by atoms with Gasteiger partial charge in [0.05, 0.1) is 25.0 Å². The Morgan fingerprint density at radius 1 is 1.43 bits per heavy atom. The van der Waals surface area contributed by atoms with Crippen LogP contribution in [0.25, 0.3) is 5.65 Å². The highest BCUT2D eigenvalue weighted by molar-refractivity contribution is 5.75. The van der Waals surface area contributed by atoms with Crippen LogP contribution in [-0.4, -0.2) is 30.1 Å². The zero-order valence-corrected chi connectivity index (χ0v) is 11.7. The van der Waals surface area contributed by atoms with Crippen LogP contribution in [0.5, 0.6) is 0 Å². The minimum atomic E-state index is -0.0203. The number of amides is 1. The Kier molecular flexibility index (Phi) is 3.63. The maximum atomic E-state index is 11.8. The van der Waals surface area contributed by atoms with E-state index in [0.717, 1.165) is 16.9 Å². The van der Waals surface area contributed by atoms with Crippen molar-refractivity contribution < 1.29 is 4.79 Å². The average Bonchev–Trinajstić information content (AvgIpc) is 3.13. The second kappa shape index (κ2) is 5.74. The molecule has 0 radical (unpaired) electrons. The van der Waals surface area contributed by atoms with E-state index in [2.05, 4.69) is 20.4 Å². The SMILES string of the molecule is Cc1cccn2c(CNC(=O)CCn3cncn3)cnc12. The van der Waals surface area contributed by atoms with Gasteiger partial charge >= 0.3 is 0 Å². The third kappa shape index (κ3) is 2.91. The molecule has 7 nitrogen and oxygen atoms in total. The first-order valence-electron chi connectivity index (χ1n) is 6.75. The lowest BCUT2D eigenvalue weighted by Gasteiger charge is -2.06. The zero-order chi connectivity index (χ0) is 14.7. The maximum absolute atomic E-state index is 11.8. The van der Waals surface area contributed by atoms with Gasteiger partial charge in [-0.1, -0.05) is 6.07 Å². The highest BCUT2D eigenvalue weighted by atomic mass is 16.1. The molecule has 3 aromatic rings. The molecule has 0 aliphatic heterocycles. The van der Waals surface area contributed by atoms with Gasteiger partial charge in [0.25, 0.3) is 0 Å². The van der Waals surface area contributed by atoms with E-state index in [9.17, 15) is 4.79 Å². The smallest absolute Gasteiger partial charge is 0.222 e. The Morgan fingerprint density at radius 3 is 3.14 bits per heavy atom. The second-order valence-corrected chi connectivity index (χ2v) is 4.82. The van der Waals surface area contributed by atoms with Crippen LogP contribution in [0.3, 0.4) is 0 Å². The molecule has 0 fully saturated rings. The number of pyridine rings is 1. The summed E-state index contributed by atoms with van der Waals surface area (Å²) in [5.74, 6) is -0.0203. The van der Waals surface area contributed by atoms with Gasteiger partial charge < -0.3 is 9.72 Å². The molecule has 0 atom stereocenters. The normalized spacial score (nSPS) is 10.9. The van der Waals surface area contributed by atoms with Crippen LogP contribution >= 0.6 is 0 Å². The number of aryl methyl sites for hydroxylation is 2. The van der Waals surface area contributed by atoms with E-state index in [1.807, 2.05) is 29.7 Å². The van der Waals surface area contributed by atoms with E-state index < -0.39 is 0 Å². The Morgan fingerprint density at radius 2 is 2.33 bits per heavy atom. The van der Waals surface area contributed by atoms with Crippen LogP contribution in [0.2, 0.25) is 0 Å². The highest BCUT2D eigenvalue weighted by Crippen LogP contribution is 2.10. The fourth-order valence-corrected chi connectivity index (χ4v) is 2.17. The van der Waals surface area contributed by atoms with Crippen LogP contribution in [0, 0.1) is 6.92 Å². The van der Waals surface area contributed by atoms with Gasteiger partial charge in [0.15, 0.2) is 0 Å². The largest absolute Gasteiger partial charge is 0.350 e. The van der Waals surface area contributed by atoms with Crippen molar-refractivity contribution in [2.75, 3.05) is 0 Å². The van der Waals surface area contributed by atoms with Gasteiger partial charge in [-0.3, -0.25) is 9.48 Å². The standard InChI is InChI=1S/C14H16N6O/c1-11-3-2-5-20-12(8-17-14(11)20)7-16-13(21)4-6-19-10-15-9-18-19/h2-3,5,8-10H,4,6-7H2,1H3,(H,16,21). The Balaban J connectivity index is 1.59. The van der Waals surface area contributed by atoms with Gasteiger partial charge in [0.1, 0.15) is 18.3 Å². The molecule has 0 aliphatic rings. The van der Waals surface area contributed by atoms with Crippen molar-refractivity contribution in [1.29, 1.82) is 0 Å². The highest BCUT2D eigenvalue weighted by Gasteiger charge is 2.07. The van der Waals surface area contributed by atoms with Crippen LogP contribution in [-0.2, 0) is 17.9 Å². The molecular weight excluding hydrogens is 268 g/mol. The topological polar surface area (TPSA) is 77.1 Å². The molecule has 0 saturated heterocycles. The number of imidazole rings is 1. The molecule has 3 aromatic heterocycles. The van der Waals surface area contributed by atoms with Crippen LogP contribution in [0.4, 0.5) is 0 Å². The third-order valence-electron chi connectivity index (χ3n) is 3.31. The zero-order valence-electron chi connectivity index (χ0n) is 11.7. The van der Waals surface area contributed by atoms with Crippen molar-refractivity contribution in [2.24, 2.45) is 0 Å². The van der Waals surface area contributed by atoms with Gasteiger partial charge in [-0.25, -0.2) is 9.97 Å². The van der Waals surface area contributed by atoms with Crippen molar-refractivity contribution >= 4 is 11.6 Å². The third-order valence-corrected chi connectivity index (χ3v) is 3.31. The van der Waals surface area contributed by atoms with E-state index in [0.29, 0.717) is 19.5 Å². The number of nitrogens with one attached hydrogen (secondary N) is 1. The Labute approximate surface area is 121 Å². The van der Waals surface area contributed by atoms with Crippen LogP contribution in [0.1, 0.15) is 17.7 Å². The Hall–Kier alpha value is -2.70. The number of nitrogens with zero attached hydrogens (tertiary/aromatic N) is 5. The van der Waals surface area contributed by atoms with Crippen molar-refractivity contribution in [3.63, 3.8) is 0 Å². The van der Waals surface area contributed by atoms with E-state index in [1.54, 1.807) is 17.2 Å². The number of hydrogen-bond donors (Lipinski definition) is 1. The Bertz CT molecular complexity index is 746. The number of fused-ring (bicyclic) bond motifs is 1. The summed E-state index contributed by atoms with van der Waals surface area (Å²) in [5, 5.41) is 6.86. The molecule has 0 aliphatic carbocycles. The summed E-state index contributed by atoms with van der Waals surface area (Å²) in [6, 6.07) is 3.99. The average molecular weight is 284 g/mol. The van der Waals surface area contributed by atoms with Gasteiger partial charge in [-0.05, 0) is 18.6 Å². The fraction of sp³-hybridized carbons (Fsp3) is 0.286. The van der Waals surface area contributed by atoms with Gasteiger partial charge in [-0.2, -0.15) is 5.10 Å². The van der Waals surface area contributed by atoms with E-state index in [1.165, 1.54) is 6.33 Å². The molecule has 21 heavy (non-hydrogen) atoms. The first-order chi connectivity index (χ1) is 10.2. The molecule has 3 heterocycles. The van der Waals surface area contributed by atoms with E-state index in [-0.39, 0.29) is 5.91 Å². The molecule has 7 heteroatoms. The maximum Gasteiger partial charge on any atom is 0.222 e. The van der Waals surface area contributed by atoms with Gasteiger partial charge in [0.2, 0.25) is 5.91 Å². The summed E-state index contributed by atoms with van der Waals surface area (Å²) in [5.41, 5.74) is 2.99. The minimum absolute atomic E-state index is 0.0203. The molecule has 0 saturated carbocycles. The summed E-state index contributed by atoms with van der Waals surface area (Å²) < 4.78 is 3.63. The molecule has 3 rings (SSSR count). The summed E-state index contributed by atoms with van der Waals surface area (Å²) in [6.45, 7) is 3.00. The molecule has 1 amide bonds. The molecule has 0 bridgehead atoms. The van der Waals surface area contributed by atoms with E-state index >= 15 is 0 Å². The van der Waals surface area contributed by atoms with Gasteiger partial charge in [-0.15, -0.1) is 0 Å². The number of aromatic nitrogens is 5. The molecule has 0 aromatic carbocycles. The number of hydrogen-bond acceptors (Lipinski definition) is 4. The number of rotatable bonds is 5. The van der Waals surface area contributed by atoms with E-state index in [4.69, 9.17) is 0 Å². The predicted molar refractivity (Wildman–Crippen MR) is 76.4 cm³/mol. The molecule has 0 spiro atoms. The summed E-state index contributed by atoms with van der Waals surface area (Å²) in [6.07, 6.45) is 7.17. The van der Waals surface area contributed by atoms with Crippen LogP contribution in [0.15, 0.2) is 37.2 Å². The molecular formula is C14H16N6O. The lowest BCUT2D eigenvalue weighted by Crippen LogP contribution is -2.24. The second-order valence-electron chi connectivity index (χ2n) is 4.82. The fourth-order valence-electron chi connectivity index (χ4n) is 2.17. The van der Waals surface area contributed by atoms with Crippen LogP contribution < -0.4 is 5.32 Å². The first kappa shape index (κ1) is 13.3. The van der Waals surface area contributed by atoms with Crippen molar-refractivity contribution in [2.45, 2.75) is 26.4 Å². The number of carbonyl (C=O) groups is 1. The van der Waals surface area contributed by atoms with Crippen molar-refractivity contribution in [3.8, 4) is 0 Å². The summed E-state index contributed by atoms with van der Waals surface area (Å²) >= 11 is 0. The first-order valence-corrected chi connectivity index (χ1v) is 6.75. The predicted octanol–water partition coefficient (Wildman–Crippen LogP) is 0.941. The minimum Gasteiger partial charge on any atom is -0.350 e. The quantitative estimate of drug-likeness (QED) is 0.756. The summed E-state index contributed by atoms with van der Waals surface area (Å²) in [4.78, 5) is 20.0. The van der Waals surface area contributed by atoms with Gasteiger partial charge in [0, 0.05) is 12.6 Å². The lowest BCUT2D eigenvalue weighted by molar-refractivity contribution is -0.121. The molecule has 1 N–H and O–H groups in total. The van der Waals surface area contributed by atoms with Crippen molar-refractivity contribution in [3.05, 3.63) is 48.4 Å². The summed E-state index contributed by atoms with van der Waals surface area (Å²) in [7, 11) is 0. The molecule has 0 unspecified atom stereocenters. The number of carbonyl (C=O) groups excluding carboxylic acids is 1.